The SMILES string of the molecule is COc1ccccc1-c1cc(S(=O)(=O)Nc2cc(F)c(OC(F)F)cc2F)c[nH]1. The quantitative estimate of drug-likeness (QED) is 0.546. The number of aromatic amines is 1. The number of ether oxygens (including phenoxy) is 2. The van der Waals surface area contributed by atoms with Crippen molar-refractivity contribution >= 4 is 15.7 Å². The Kier molecular flexibility index (Phi) is 5.69. The minimum Gasteiger partial charge on any atom is -0.496 e. The highest BCUT2D eigenvalue weighted by molar-refractivity contribution is 7.92. The number of methoxy groups -OCH3 is 1. The van der Waals surface area contributed by atoms with E-state index in [1.807, 2.05) is 4.72 Å². The normalized spacial score (nSPS) is 11.5. The van der Waals surface area contributed by atoms with Crippen molar-refractivity contribution < 1.29 is 35.5 Å². The second kappa shape index (κ2) is 8.03. The zero-order valence-corrected chi connectivity index (χ0v) is 15.6. The second-order valence-electron chi connectivity index (χ2n) is 5.70. The number of aromatic nitrogens is 1. The third kappa shape index (κ3) is 4.45. The van der Waals surface area contributed by atoms with Crippen molar-refractivity contribution in [2.75, 3.05) is 11.8 Å². The van der Waals surface area contributed by atoms with Gasteiger partial charge in [0.1, 0.15) is 10.6 Å². The summed E-state index contributed by atoms with van der Waals surface area (Å²) in [5, 5.41) is 0. The number of benzene rings is 2. The van der Waals surface area contributed by atoms with Crippen molar-refractivity contribution in [3.8, 4) is 22.8 Å². The Morgan fingerprint density at radius 3 is 2.45 bits per heavy atom. The van der Waals surface area contributed by atoms with Crippen molar-refractivity contribution in [3.63, 3.8) is 0 Å². The number of sulfonamides is 1. The average Bonchev–Trinajstić information content (AvgIpc) is 3.16. The molecule has 2 N–H and O–H groups in total. The number of para-hydroxylation sites is 1. The van der Waals surface area contributed by atoms with Crippen LogP contribution in [0, 0.1) is 11.6 Å². The molecular weight excluding hydrogens is 416 g/mol. The molecule has 0 amide bonds. The van der Waals surface area contributed by atoms with Crippen LogP contribution in [-0.4, -0.2) is 27.1 Å². The number of anilines is 1. The Labute approximate surface area is 163 Å². The lowest BCUT2D eigenvalue weighted by atomic mass is 10.1. The molecule has 0 radical (unpaired) electrons. The summed E-state index contributed by atoms with van der Waals surface area (Å²) >= 11 is 0. The molecule has 154 valence electrons. The highest BCUT2D eigenvalue weighted by atomic mass is 32.2. The molecule has 0 saturated carbocycles. The van der Waals surface area contributed by atoms with E-state index >= 15 is 0 Å². The molecule has 6 nitrogen and oxygen atoms in total. The van der Waals surface area contributed by atoms with Gasteiger partial charge >= 0.3 is 6.61 Å². The van der Waals surface area contributed by atoms with Crippen LogP contribution >= 0.6 is 0 Å². The molecule has 0 spiro atoms. The van der Waals surface area contributed by atoms with Gasteiger partial charge in [-0.15, -0.1) is 0 Å². The van der Waals surface area contributed by atoms with E-state index in [1.54, 1.807) is 24.3 Å². The first-order chi connectivity index (χ1) is 13.7. The van der Waals surface area contributed by atoms with Gasteiger partial charge in [-0.2, -0.15) is 8.78 Å². The van der Waals surface area contributed by atoms with E-state index in [0.717, 1.165) is 6.20 Å². The van der Waals surface area contributed by atoms with Crippen molar-refractivity contribution in [1.29, 1.82) is 0 Å². The summed E-state index contributed by atoms with van der Waals surface area (Å²) in [4.78, 5) is 2.52. The minimum absolute atomic E-state index is 0.258. The third-order valence-corrected chi connectivity index (χ3v) is 5.19. The number of rotatable bonds is 7. The number of halogens is 4. The van der Waals surface area contributed by atoms with Gasteiger partial charge in [-0.3, -0.25) is 4.72 Å². The monoisotopic (exact) mass is 430 g/mol. The Hall–Kier alpha value is -3.21. The number of hydrogen-bond acceptors (Lipinski definition) is 4. The smallest absolute Gasteiger partial charge is 0.387 e. The molecule has 3 aromatic rings. The van der Waals surface area contributed by atoms with E-state index < -0.39 is 39.7 Å². The van der Waals surface area contributed by atoms with Crippen LogP contribution in [0.25, 0.3) is 11.3 Å². The first-order valence-electron chi connectivity index (χ1n) is 7.99. The molecule has 29 heavy (non-hydrogen) atoms. The Bertz CT molecular complexity index is 1130. The summed E-state index contributed by atoms with van der Waals surface area (Å²) in [7, 11) is -2.85. The topological polar surface area (TPSA) is 80.4 Å². The van der Waals surface area contributed by atoms with Crippen LogP contribution in [0.5, 0.6) is 11.5 Å². The molecule has 0 atom stereocenters. The highest BCUT2D eigenvalue weighted by Gasteiger charge is 2.22. The maximum atomic E-state index is 14.1. The molecule has 2 aromatic carbocycles. The van der Waals surface area contributed by atoms with Crippen LogP contribution in [0.4, 0.5) is 23.2 Å². The lowest BCUT2D eigenvalue weighted by Crippen LogP contribution is -2.14. The van der Waals surface area contributed by atoms with E-state index in [1.165, 1.54) is 13.2 Å². The molecule has 0 unspecified atom stereocenters. The average molecular weight is 430 g/mol. The fourth-order valence-corrected chi connectivity index (χ4v) is 3.60. The van der Waals surface area contributed by atoms with Gasteiger partial charge in [0.15, 0.2) is 17.4 Å². The van der Waals surface area contributed by atoms with Gasteiger partial charge < -0.3 is 14.5 Å². The van der Waals surface area contributed by atoms with Gasteiger partial charge in [0, 0.05) is 23.9 Å². The Morgan fingerprint density at radius 1 is 1.03 bits per heavy atom. The molecule has 0 saturated heterocycles. The highest BCUT2D eigenvalue weighted by Crippen LogP contribution is 2.31. The van der Waals surface area contributed by atoms with Crippen molar-refractivity contribution in [2.24, 2.45) is 0 Å². The summed E-state index contributed by atoms with van der Waals surface area (Å²) < 4.78 is 88.2. The molecule has 0 fully saturated rings. The summed E-state index contributed by atoms with van der Waals surface area (Å²) in [6.45, 7) is -3.36. The zero-order valence-electron chi connectivity index (χ0n) is 14.7. The van der Waals surface area contributed by atoms with Gasteiger partial charge in [0.25, 0.3) is 10.0 Å². The maximum Gasteiger partial charge on any atom is 0.387 e. The number of nitrogens with one attached hydrogen (secondary N) is 2. The predicted molar refractivity (Wildman–Crippen MR) is 96.6 cm³/mol. The Morgan fingerprint density at radius 2 is 1.76 bits per heavy atom. The van der Waals surface area contributed by atoms with E-state index in [4.69, 9.17) is 4.74 Å². The van der Waals surface area contributed by atoms with Crippen LogP contribution in [-0.2, 0) is 10.0 Å². The summed E-state index contributed by atoms with van der Waals surface area (Å²) in [6.07, 6.45) is 1.16. The van der Waals surface area contributed by atoms with Crippen molar-refractivity contribution in [1.82, 2.24) is 4.98 Å². The molecule has 11 heteroatoms. The van der Waals surface area contributed by atoms with Crippen LogP contribution < -0.4 is 14.2 Å². The number of alkyl halides is 2. The maximum absolute atomic E-state index is 14.1. The number of H-pyrrole nitrogens is 1. The molecule has 0 bridgehead atoms. The van der Waals surface area contributed by atoms with Crippen LogP contribution in [0.3, 0.4) is 0 Å². The van der Waals surface area contributed by atoms with Gasteiger partial charge in [-0.25, -0.2) is 17.2 Å². The molecule has 0 aliphatic rings. The molecule has 3 rings (SSSR count). The predicted octanol–water partition coefficient (Wildman–Crippen LogP) is 4.37. The number of hydrogen-bond donors (Lipinski definition) is 2. The summed E-state index contributed by atoms with van der Waals surface area (Å²) in [6, 6.07) is 8.88. The van der Waals surface area contributed by atoms with Crippen molar-refractivity contribution in [3.05, 3.63) is 60.3 Å². The third-order valence-electron chi connectivity index (χ3n) is 3.85. The van der Waals surface area contributed by atoms with E-state index in [2.05, 4.69) is 9.72 Å². The van der Waals surface area contributed by atoms with Gasteiger partial charge in [0.05, 0.1) is 18.5 Å². The lowest BCUT2D eigenvalue weighted by Gasteiger charge is -2.11. The van der Waals surface area contributed by atoms with Gasteiger partial charge in [0.2, 0.25) is 0 Å². The van der Waals surface area contributed by atoms with Crippen molar-refractivity contribution in [2.45, 2.75) is 11.5 Å². The molecule has 0 aliphatic heterocycles. The van der Waals surface area contributed by atoms with E-state index in [9.17, 15) is 26.0 Å². The molecular formula is C18H14F4N2O4S. The van der Waals surface area contributed by atoms with E-state index in [0.29, 0.717) is 29.1 Å². The van der Waals surface area contributed by atoms with Gasteiger partial charge in [-0.1, -0.05) is 12.1 Å². The molecule has 1 heterocycles. The first kappa shape index (κ1) is 20.5. The molecule has 0 aliphatic carbocycles. The van der Waals surface area contributed by atoms with E-state index in [-0.39, 0.29) is 4.90 Å². The summed E-state index contributed by atoms with van der Waals surface area (Å²) in [5.41, 5.74) is 0.237. The van der Waals surface area contributed by atoms with Crippen LogP contribution in [0.1, 0.15) is 0 Å². The fourth-order valence-electron chi connectivity index (χ4n) is 2.55. The van der Waals surface area contributed by atoms with Crippen LogP contribution in [0.15, 0.2) is 53.6 Å². The largest absolute Gasteiger partial charge is 0.496 e. The van der Waals surface area contributed by atoms with Gasteiger partial charge in [-0.05, 0) is 18.2 Å². The lowest BCUT2D eigenvalue weighted by molar-refractivity contribution is -0.0523. The standard InChI is InChI=1S/C18H14F4N2O4S/c1-27-16-5-3-2-4-11(16)14-6-10(9-23-14)29(25,26)24-15-7-13(20)17(8-12(15)19)28-18(21)22/h2-9,18,23-24H,1H3. The Balaban J connectivity index is 1.89. The summed E-state index contributed by atoms with van der Waals surface area (Å²) in [5.74, 6) is -3.19. The minimum atomic E-state index is -4.31. The second-order valence-corrected chi connectivity index (χ2v) is 7.38. The zero-order chi connectivity index (χ0) is 21.2. The molecule has 1 aromatic heterocycles. The fraction of sp³-hybridized carbons (Fsp3) is 0.111. The first-order valence-corrected chi connectivity index (χ1v) is 9.48. The van der Waals surface area contributed by atoms with Crippen LogP contribution in [0.2, 0.25) is 0 Å².